The molecule has 25 heavy (non-hydrogen) atoms. The van der Waals surface area contributed by atoms with Gasteiger partial charge in [0.1, 0.15) is 0 Å². The van der Waals surface area contributed by atoms with Crippen molar-refractivity contribution in [2.24, 2.45) is 0 Å². The average molecular weight is 358 g/mol. The molecule has 6 heteroatoms. The second-order valence-corrected chi connectivity index (χ2v) is 8.16. The molecule has 0 bridgehead atoms. The highest BCUT2D eigenvalue weighted by atomic mass is 32.2. The van der Waals surface area contributed by atoms with Crippen LogP contribution >= 0.6 is 0 Å². The quantitative estimate of drug-likeness (QED) is 0.917. The monoisotopic (exact) mass is 358 g/mol. The van der Waals surface area contributed by atoms with Crippen LogP contribution in [0.3, 0.4) is 0 Å². The van der Waals surface area contributed by atoms with Crippen LogP contribution in [0.2, 0.25) is 0 Å². The Labute approximate surface area is 148 Å². The van der Waals surface area contributed by atoms with Gasteiger partial charge in [-0.15, -0.1) is 0 Å². The molecule has 1 aliphatic heterocycles. The molecule has 2 aromatic rings. The van der Waals surface area contributed by atoms with Gasteiger partial charge in [0.2, 0.25) is 5.91 Å². The summed E-state index contributed by atoms with van der Waals surface area (Å²) in [5.41, 5.74) is 4.52. The van der Waals surface area contributed by atoms with Crippen LogP contribution in [0.1, 0.15) is 29.2 Å². The lowest BCUT2D eigenvalue weighted by Gasteiger charge is -2.28. The van der Waals surface area contributed by atoms with Gasteiger partial charge in [0, 0.05) is 20.0 Å². The SMILES string of the molecule is CC(=O)N1CCc2ccc(S(=O)(=O)Nc3cccc(C)c3C)cc2C1. The van der Waals surface area contributed by atoms with Gasteiger partial charge in [-0.1, -0.05) is 18.2 Å². The van der Waals surface area contributed by atoms with E-state index in [1.54, 1.807) is 23.1 Å². The molecule has 132 valence electrons. The third kappa shape index (κ3) is 3.54. The zero-order chi connectivity index (χ0) is 18.2. The van der Waals surface area contributed by atoms with E-state index in [1.807, 2.05) is 32.0 Å². The molecule has 1 N–H and O–H groups in total. The fraction of sp³-hybridized carbons (Fsp3) is 0.316. The highest BCUT2D eigenvalue weighted by molar-refractivity contribution is 7.92. The van der Waals surface area contributed by atoms with Gasteiger partial charge in [-0.3, -0.25) is 9.52 Å². The third-order valence-corrected chi connectivity index (χ3v) is 6.16. The molecule has 0 aliphatic carbocycles. The Bertz CT molecular complexity index is 936. The number of carbonyl (C=O) groups excluding carboxylic acids is 1. The Kier molecular flexibility index (Phi) is 4.56. The van der Waals surface area contributed by atoms with E-state index in [0.29, 0.717) is 18.8 Å². The number of amides is 1. The second kappa shape index (κ2) is 6.52. The van der Waals surface area contributed by atoms with Crippen LogP contribution < -0.4 is 4.72 Å². The van der Waals surface area contributed by atoms with Gasteiger partial charge < -0.3 is 4.90 Å². The summed E-state index contributed by atoms with van der Waals surface area (Å²) in [6.45, 7) is 6.51. The molecule has 0 spiro atoms. The predicted octanol–water partition coefficient (Wildman–Crippen LogP) is 3.01. The molecule has 2 aromatic carbocycles. The highest BCUT2D eigenvalue weighted by Crippen LogP contribution is 2.26. The van der Waals surface area contributed by atoms with E-state index in [4.69, 9.17) is 0 Å². The first-order valence-corrected chi connectivity index (χ1v) is 9.72. The zero-order valence-corrected chi connectivity index (χ0v) is 15.5. The second-order valence-electron chi connectivity index (χ2n) is 6.47. The van der Waals surface area contributed by atoms with Crippen molar-refractivity contribution in [1.82, 2.24) is 4.90 Å². The Balaban J connectivity index is 1.92. The lowest BCUT2D eigenvalue weighted by atomic mass is 10.00. The average Bonchev–Trinajstić information content (AvgIpc) is 2.57. The first-order valence-electron chi connectivity index (χ1n) is 8.24. The molecular formula is C19H22N2O3S. The van der Waals surface area contributed by atoms with Crippen molar-refractivity contribution in [1.29, 1.82) is 0 Å². The van der Waals surface area contributed by atoms with E-state index in [2.05, 4.69) is 4.72 Å². The van der Waals surface area contributed by atoms with Crippen LogP contribution in [0.15, 0.2) is 41.3 Å². The molecule has 0 radical (unpaired) electrons. The molecule has 5 nitrogen and oxygen atoms in total. The Morgan fingerprint density at radius 3 is 2.60 bits per heavy atom. The van der Waals surface area contributed by atoms with Crippen molar-refractivity contribution < 1.29 is 13.2 Å². The van der Waals surface area contributed by atoms with E-state index in [9.17, 15) is 13.2 Å². The Hall–Kier alpha value is -2.34. The summed E-state index contributed by atoms with van der Waals surface area (Å²) < 4.78 is 28.2. The van der Waals surface area contributed by atoms with Crippen molar-refractivity contribution in [2.45, 2.75) is 38.6 Å². The summed E-state index contributed by atoms with van der Waals surface area (Å²) in [4.78, 5) is 13.5. The molecular weight excluding hydrogens is 336 g/mol. The van der Waals surface area contributed by atoms with Gasteiger partial charge in [-0.05, 0) is 60.7 Å². The molecule has 1 amide bonds. The van der Waals surface area contributed by atoms with Gasteiger partial charge >= 0.3 is 0 Å². The van der Waals surface area contributed by atoms with Crippen molar-refractivity contribution in [3.05, 3.63) is 58.7 Å². The molecule has 0 atom stereocenters. The highest BCUT2D eigenvalue weighted by Gasteiger charge is 2.22. The standard InChI is InChI=1S/C19H22N2O3S/c1-13-5-4-6-19(14(13)2)20-25(23,24)18-8-7-16-9-10-21(15(3)22)12-17(16)11-18/h4-8,11,20H,9-10,12H2,1-3H3. The van der Waals surface area contributed by atoms with Gasteiger partial charge in [0.15, 0.2) is 0 Å². The largest absolute Gasteiger partial charge is 0.338 e. The molecule has 0 unspecified atom stereocenters. The summed E-state index contributed by atoms with van der Waals surface area (Å²) in [6, 6.07) is 10.7. The number of nitrogens with zero attached hydrogens (tertiary/aromatic N) is 1. The summed E-state index contributed by atoms with van der Waals surface area (Å²) in [5, 5.41) is 0. The first kappa shape index (κ1) is 17.5. The summed E-state index contributed by atoms with van der Waals surface area (Å²) in [7, 11) is -3.68. The minimum absolute atomic E-state index is 0.00687. The van der Waals surface area contributed by atoms with Gasteiger partial charge in [0.25, 0.3) is 10.0 Å². The first-order chi connectivity index (χ1) is 11.8. The van der Waals surface area contributed by atoms with Crippen LogP contribution in [0, 0.1) is 13.8 Å². The third-order valence-electron chi connectivity index (χ3n) is 4.79. The maximum atomic E-state index is 12.8. The van der Waals surface area contributed by atoms with Crippen LogP contribution in [0.5, 0.6) is 0 Å². The molecule has 0 saturated carbocycles. The van der Waals surface area contributed by atoms with Crippen LogP contribution in [-0.2, 0) is 27.8 Å². The summed E-state index contributed by atoms with van der Waals surface area (Å²) >= 11 is 0. The van der Waals surface area contributed by atoms with E-state index in [-0.39, 0.29) is 10.8 Å². The van der Waals surface area contributed by atoms with Crippen molar-refractivity contribution in [2.75, 3.05) is 11.3 Å². The molecule has 3 rings (SSSR count). The number of nitrogens with one attached hydrogen (secondary N) is 1. The van der Waals surface area contributed by atoms with E-state index in [0.717, 1.165) is 28.7 Å². The Morgan fingerprint density at radius 1 is 1.12 bits per heavy atom. The normalized spacial score (nSPS) is 14.1. The van der Waals surface area contributed by atoms with Crippen LogP contribution in [-0.4, -0.2) is 25.8 Å². The van der Waals surface area contributed by atoms with Crippen LogP contribution in [0.4, 0.5) is 5.69 Å². The number of sulfonamides is 1. The molecule has 0 aromatic heterocycles. The molecule has 1 aliphatic rings. The maximum absolute atomic E-state index is 12.8. The molecule has 1 heterocycles. The minimum Gasteiger partial charge on any atom is -0.338 e. The lowest BCUT2D eigenvalue weighted by Crippen LogP contribution is -2.34. The number of fused-ring (bicyclic) bond motifs is 1. The lowest BCUT2D eigenvalue weighted by molar-refractivity contribution is -0.129. The van der Waals surface area contributed by atoms with E-state index >= 15 is 0 Å². The van der Waals surface area contributed by atoms with Gasteiger partial charge in [-0.2, -0.15) is 0 Å². The number of aryl methyl sites for hydroxylation is 1. The summed E-state index contributed by atoms with van der Waals surface area (Å²) in [6.07, 6.45) is 0.750. The van der Waals surface area contributed by atoms with Crippen molar-refractivity contribution in [3.8, 4) is 0 Å². The summed E-state index contributed by atoms with van der Waals surface area (Å²) in [5.74, 6) is 0.00687. The fourth-order valence-corrected chi connectivity index (χ4v) is 4.21. The van der Waals surface area contributed by atoms with Crippen molar-refractivity contribution in [3.63, 3.8) is 0 Å². The zero-order valence-electron chi connectivity index (χ0n) is 14.7. The number of hydrogen-bond acceptors (Lipinski definition) is 3. The Morgan fingerprint density at radius 2 is 1.88 bits per heavy atom. The number of carbonyl (C=O) groups is 1. The predicted molar refractivity (Wildman–Crippen MR) is 98.0 cm³/mol. The number of benzene rings is 2. The minimum atomic E-state index is -3.68. The van der Waals surface area contributed by atoms with Crippen molar-refractivity contribution >= 4 is 21.6 Å². The smallest absolute Gasteiger partial charge is 0.261 e. The number of hydrogen-bond donors (Lipinski definition) is 1. The maximum Gasteiger partial charge on any atom is 0.261 e. The fourth-order valence-electron chi connectivity index (χ4n) is 3.03. The van der Waals surface area contributed by atoms with Crippen LogP contribution in [0.25, 0.3) is 0 Å². The topological polar surface area (TPSA) is 66.5 Å². The molecule has 0 saturated heterocycles. The van der Waals surface area contributed by atoms with Gasteiger partial charge in [0.05, 0.1) is 10.6 Å². The molecule has 0 fully saturated rings. The number of rotatable bonds is 3. The van der Waals surface area contributed by atoms with Gasteiger partial charge in [-0.25, -0.2) is 8.42 Å². The number of anilines is 1. The van der Waals surface area contributed by atoms with E-state index < -0.39 is 10.0 Å². The van der Waals surface area contributed by atoms with E-state index in [1.165, 1.54) is 6.92 Å².